The van der Waals surface area contributed by atoms with Gasteiger partial charge in [0.1, 0.15) is 10.7 Å². The molecular weight excluding hydrogens is 576 g/mol. The number of alkyl halides is 6. The number of carbonyl (C=O) groups excluding carboxylic acids is 1. The molecule has 0 aromatic heterocycles. The molecule has 1 aromatic carbocycles. The van der Waals surface area contributed by atoms with Gasteiger partial charge in [0.15, 0.2) is 5.11 Å². The van der Waals surface area contributed by atoms with Crippen LogP contribution in [-0.2, 0) is 11.0 Å². The molecule has 2 rings (SSSR count). The summed E-state index contributed by atoms with van der Waals surface area (Å²) in [6, 6.07) is 2.66. The Kier molecular flexibility index (Phi) is 8.80. The molecule has 32 heavy (non-hydrogen) atoms. The van der Waals surface area contributed by atoms with E-state index >= 15 is 0 Å². The van der Waals surface area contributed by atoms with Gasteiger partial charge in [0.25, 0.3) is 0 Å². The lowest BCUT2D eigenvalue weighted by Crippen LogP contribution is -2.56. The van der Waals surface area contributed by atoms with E-state index in [2.05, 4.69) is 16.0 Å². The first kappa shape index (κ1) is 27.9. The molecule has 1 amide bonds. The Labute approximate surface area is 218 Å². The molecule has 14 heteroatoms. The molecule has 1 aliphatic carbocycles. The molecule has 0 saturated heterocycles. The lowest BCUT2D eigenvalue weighted by Gasteiger charge is -2.28. The first-order chi connectivity index (χ1) is 14.4. The highest BCUT2D eigenvalue weighted by Crippen LogP contribution is 2.59. The third-order valence-electron chi connectivity index (χ3n) is 4.93. The maximum Gasteiger partial charge on any atom is 0.416 e. The van der Waals surface area contributed by atoms with Crippen LogP contribution in [0.1, 0.15) is 19.4 Å². The van der Waals surface area contributed by atoms with Gasteiger partial charge in [-0.2, -0.15) is 13.2 Å². The molecule has 1 aliphatic rings. The van der Waals surface area contributed by atoms with Gasteiger partial charge < -0.3 is 16.0 Å². The van der Waals surface area contributed by atoms with Crippen LogP contribution in [0.25, 0.3) is 0 Å². The zero-order valence-electron chi connectivity index (χ0n) is 16.3. The van der Waals surface area contributed by atoms with Gasteiger partial charge in [-0.25, -0.2) is 0 Å². The summed E-state index contributed by atoms with van der Waals surface area (Å²) < 4.78 is 36.8. The van der Waals surface area contributed by atoms with Crippen LogP contribution in [0.15, 0.2) is 28.8 Å². The van der Waals surface area contributed by atoms with Crippen LogP contribution in [0.3, 0.4) is 0 Å². The van der Waals surface area contributed by atoms with Gasteiger partial charge in [0.05, 0.1) is 22.2 Å². The van der Waals surface area contributed by atoms with Gasteiger partial charge in [-0.05, 0) is 47.8 Å². The third-order valence-corrected chi connectivity index (χ3v) is 6.39. The van der Waals surface area contributed by atoms with Crippen molar-refractivity contribution in [2.75, 3.05) is 5.32 Å². The average Bonchev–Trinajstić information content (AvgIpc) is 3.13. The van der Waals surface area contributed by atoms with Crippen molar-refractivity contribution in [2.24, 2.45) is 17.3 Å². The molecule has 1 saturated carbocycles. The van der Waals surface area contributed by atoms with E-state index in [-0.39, 0.29) is 26.2 Å². The smallest absolute Gasteiger partial charge is 0.339 e. The molecule has 0 unspecified atom stereocenters. The van der Waals surface area contributed by atoms with E-state index < -0.39 is 38.9 Å². The molecule has 0 heterocycles. The van der Waals surface area contributed by atoms with Gasteiger partial charge in [-0.1, -0.05) is 83.5 Å². The number of allylic oxidation sites excluding steroid dienone is 1. The maximum atomic E-state index is 13.0. The van der Waals surface area contributed by atoms with Gasteiger partial charge in [0, 0.05) is 0 Å². The second kappa shape index (κ2) is 10.1. The third kappa shape index (κ3) is 7.08. The van der Waals surface area contributed by atoms with E-state index in [0.717, 1.165) is 18.2 Å². The molecular formula is C18H16Cl6F3N3OS. The van der Waals surface area contributed by atoms with Crippen molar-refractivity contribution < 1.29 is 18.0 Å². The van der Waals surface area contributed by atoms with E-state index in [0.29, 0.717) is 0 Å². The first-order valence-corrected chi connectivity index (χ1v) is 11.5. The van der Waals surface area contributed by atoms with E-state index in [1.807, 2.05) is 13.8 Å². The minimum atomic E-state index is -4.59. The Morgan fingerprint density at radius 3 is 2.28 bits per heavy atom. The summed E-state index contributed by atoms with van der Waals surface area (Å²) in [4.78, 5) is 12.8. The zero-order valence-corrected chi connectivity index (χ0v) is 21.6. The second-order valence-electron chi connectivity index (χ2n) is 7.56. The van der Waals surface area contributed by atoms with E-state index in [1.54, 1.807) is 6.08 Å². The number of nitrogens with one attached hydrogen (secondary N) is 3. The number of rotatable bonds is 5. The summed E-state index contributed by atoms with van der Waals surface area (Å²) in [6.45, 7) is 3.68. The molecule has 178 valence electrons. The van der Waals surface area contributed by atoms with Crippen LogP contribution in [0.5, 0.6) is 0 Å². The van der Waals surface area contributed by atoms with Gasteiger partial charge >= 0.3 is 6.18 Å². The Morgan fingerprint density at radius 2 is 1.78 bits per heavy atom. The van der Waals surface area contributed by atoms with Crippen LogP contribution in [0.4, 0.5) is 18.9 Å². The van der Waals surface area contributed by atoms with Crippen molar-refractivity contribution >= 4 is 98.5 Å². The largest absolute Gasteiger partial charge is 0.416 e. The van der Waals surface area contributed by atoms with Crippen molar-refractivity contribution in [3.63, 3.8) is 0 Å². The van der Waals surface area contributed by atoms with Crippen molar-refractivity contribution in [1.82, 2.24) is 10.6 Å². The van der Waals surface area contributed by atoms with Crippen molar-refractivity contribution in [2.45, 2.75) is 30.0 Å². The molecule has 1 fully saturated rings. The van der Waals surface area contributed by atoms with Crippen LogP contribution in [-0.4, -0.2) is 21.0 Å². The molecule has 0 spiro atoms. The normalized spacial score (nSPS) is 20.7. The fourth-order valence-corrected chi connectivity index (χ4v) is 4.14. The standard InChI is InChI=1S/C18H16Cl6F3N3OS/c1-16(2)8(6-11(20)21)12(16)13(31)29-14(17(22,23)24)30-15(32)28-10-5-7(18(25,26)27)3-4-9(10)19/h3-6,8,12,14H,1-2H3,(H,29,31)(H2,28,30,32)/t8-,12+,14+/m1/s1. The summed E-state index contributed by atoms with van der Waals surface area (Å²) in [5.41, 5.74) is -1.51. The molecule has 0 radical (unpaired) electrons. The fraction of sp³-hybridized carbons (Fsp3) is 0.444. The molecule has 0 aliphatic heterocycles. The number of anilines is 1. The minimum Gasteiger partial charge on any atom is -0.339 e. The number of thiocarbonyl (C=S) groups is 1. The van der Waals surface area contributed by atoms with Crippen molar-refractivity contribution in [1.29, 1.82) is 0 Å². The zero-order chi connectivity index (χ0) is 24.6. The van der Waals surface area contributed by atoms with Crippen LogP contribution in [0.2, 0.25) is 5.02 Å². The SMILES string of the molecule is CC1(C)[C@H](C=C(Cl)Cl)[C@H]1C(=O)N[C@@H](NC(=S)Nc1cc(C(F)(F)F)ccc1Cl)C(Cl)(Cl)Cl. The topological polar surface area (TPSA) is 53.2 Å². The summed E-state index contributed by atoms with van der Waals surface area (Å²) in [5, 5.41) is 7.36. The van der Waals surface area contributed by atoms with Crippen LogP contribution >= 0.6 is 81.8 Å². The highest BCUT2D eigenvalue weighted by Gasteiger charge is 2.61. The van der Waals surface area contributed by atoms with Crippen LogP contribution in [0, 0.1) is 17.3 Å². The predicted octanol–water partition coefficient (Wildman–Crippen LogP) is 7.05. The number of amides is 1. The summed E-state index contributed by atoms with van der Waals surface area (Å²) in [6.07, 6.45) is -4.36. The fourth-order valence-electron chi connectivity index (χ4n) is 3.14. The molecule has 1 aromatic rings. The molecule has 3 N–H and O–H groups in total. The predicted molar refractivity (Wildman–Crippen MR) is 129 cm³/mol. The van der Waals surface area contributed by atoms with E-state index in [9.17, 15) is 18.0 Å². The second-order valence-corrected chi connectivity index (χ2v) is 11.7. The Bertz CT molecular complexity index is 932. The maximum absolute atomic E-state index is 13.0. The number of hydrogen-bond acceptors (Lipinski definition) is 2. The first-order valence-electron chi connectivity index (χ1n) is 8.78. The van der Waals surface area contributed by atoms with E-state index in [4.69, 9.17) is 81.8 Å². The van der Waals surface area contributed by atoms with Crippen molar-refractivity contribution in [3.8, 4) is 0 Å². The van der Waals surface area contributed by atoms with Crippen LogP contribution < -0.4 is 16.0 Å². The number of hydrogen-bond donors (Lipinski definition) is 3. The molecule has 4 nitrogen and oxygen atoms in total. The molecule has 0 bridgehead atoms. The number of benzene rings is 1. The quantitative estimate of drug-likeness (QED) is 0.195. The van der Waals surface area contributed by atoms with Crippen molar-refractivity contribution in [3.05, 3.63) is 39.4 Å². The molecule has 3 atom stereocenters. The van der Waals surface area contributed by atoms with Gasteiger partial charge in [-0.3, -0.25) is 4.79 Å². The highest BCUT2D eigenvalue weighted by atomic mass is 35.6. The summed E-state index contributed by atoms with van der Waals surface area (Å²) in [5.74, 6) is -1.21. The van der Waals surface area contributed by atoms with Gasteiger partial charge in [0.2, 0.25) is 9.70 Å². The van der Waals surface area contributed by atoms with E-state index in [1.165, 1.54) is 0 Å². The minimum absolute atomic E-state index is 0.0241. The highest BCUT2D eigenvalue weighted by molar-refractivity contribution is 7.80. The lowest BCUT2D eigenvalue weighted by atomic mass is 10.1. The van der Waals surface area contributed by atoms with Gasteiger partial charge in [-0.15, -0.1) is 0 Å². The monoisotopic (exact) mass is 589 g/mol. The Hall–Kier alpha value is -0.350. The average molecular weight is 592 g/mol. The number of halogens is 9. The Morgan fingerprint density at radius 1 is 1.19 bits per heavy atom. The Balaban J connectivity index is 2.13. The summed E-state index contributed by atoms with van der Waals surface area (Å²) in [7, 11) is 0. The number of carbonyl (C=O) groups is 1. The summed E-state index contributed by atoms with van der Waals surface area (Å²) >= 11 is 40.3. The lowest BCUT2D eigenvalue weighted by molar-refractivity contribution is -0.137.